The van der Waals surface area contributed by atoms with E-state index in [1.165, 1.54) is 0 Å². The molecule has 0 aliphatic carbocycles. The summed E-state index contributed by atoms with van der Waals surface area (Å²) >= 11 is 1.54. The lowest BCUT2D eigenvalue weighted by Gasteiger charge is -2.13. The van der Waals surface area contributed by atoms with Crippen LogP contribution in [0.4, 0.5) is 11.6 Å². The first-order valence-electron chi connectivity index (χ1n) is 5.07. The number of aromatic nitrogens is 2. The lowest BCUT2D eigenvalue weighted by Crippen LogP contribution is -2.15. The summed E-state index contributed by atoms with van der Waals surface area (Å²) in [6, 6.07) is 2.35. The van der Waals surface area contributed by atoms with Gasteiger partial charge in [0.1, 0.15) is 11.6 Å². The number of nitrogens with one attached hydrogen (secondary N) is 2. The third-order valence-electron chi connectivity index (χ3n) is 2.15. The average molecular weight is 226 g/mol. The maximum absolute atomic E-state index is 4.39. The molecular formula is C10H18N4S. The summed E-state index contributed by atoms with van der Waals surface area (Å²) in [5.41, 5.74) is 0. The number of anilines is 2. The Hall–Kier alpha value is -0.970. The molecule has 1 atom stereocenters. The van der Waals surface area contributed by atoms with Crippen molar-refractivity contribution >= 4 is 23.4 Å². The minimum absolute atomic E-state index is 0.430. The molecule has 5 heteroatoms. The molecule has 1 aromatic heterocycles. The molecule has 0 aliphatic heterocycles. The minimum atomic E-state index is 0.430. The van der Waals surface area contributed by atoms with Crippen molar-refractivity contribution in [2.45, 2.75) is 31.5 Å². The molecule has 0 spiro atoms. The van der Waals surface area contributed by atoms with E-state index in [2.05, 4.69) is 34.4 Å². The monoisotopic (exact) mass is 226 g/mol. The zero-order chi connectivity index (χ0) is 11.3. The van der Waals surface area contributed by atoms with Gasteiger partial charge in [-0.1, -0.05) is 18.7 Å². The van der Waals surface area contributed by atoms with Gasteiger partial charge in [-0.15, -0.1) is 0 Å². The molecule has 0 radical (unpaired) electrons. The van der Waals surface area contributed by atoms with Crippen molar-refractivity contribution < 1.29 is 0 Å². The Morgan fingerprint density at radius 2 is 2.07 bits per heavy atom. The molecule has 2 N–H and O–H groups in total. The zero-order valence-electron chi connectivity index (χ0n) is 9.66. The molecule has 0 saturated carbocycles. The smallest absolute Gasteiger partial charge is 0.191 e. The molecule has 1 unspecified atom stereocenters. The highest BCUT2D eigenvalue weighted by atomic mass is 32.2. The second kappa shape index (κ2) is 5.80. The SMILES string of the molecule is CCC(C)Nc1cc(NC)nc(SC)n1. The molecule has 1 aromatic rings. The standard InChI is InChI=1S/C10H18N4S/c1-5-7(2)12-9-6-8(11-3)13-10(14-9)15-4/h6-7H,5H2,1-4H3,(H2,11,12,13,14). The number of nitrogens with zero attached hydrogens (tertiary/aromatic N) is 2. The van der Waals surface area contributed by atoms with Gasteiger partial charge in [-0.25, -0.2) is 9.97 Å². The fourth-order valence-corrected chi connectivity index (χ4v) is 1.45. The molecule has 1 rings (SSSR count). The maximum atomic E-state index is 4.39. The Morgan fingerprint density at radius 3 is 2.60 bits per heavy atom. The molecule has 4 nitrogen and oxygen atoms in total. The summed E-state index contributed by atoms with van der Waals surface area (Å²) in [5.74, 6) is 1.73. The van der Waals surface area contributed by atoms with E-state index in [0.29, 0.717) is 6.04 Å². The van der Waals surface area contributed by atoms with Crippen LogP contribution in [0.3, 0.4) is 0 Å². The highest BCUT2D eigenvalue weighted by molar-refractivity contribution is 7.98. The molecule has 84 valence electrons. The molecule has 0 bridgehead atoms. The van der Waals surface area contributed by atoms with Crippen molar-refractivity contribution in [2.24, 2.45) is 0 Å². The van der Waals surface area contributed by atoms with Gasteiger partial charge in [-0.3, -0.25) is 0 Å². The summed E-state index contributed by atoms with van der Waals surface area (Å²) in [6.45, 7) is 4.28. The van der Waals surface area contributed by atoms with E-state index in [4.69, 9.17) is 0 Å². The Morgan fingerprint density at radius 1 is 1.40 bits per heavy atom. The summed E-state index contributed by atoms with van der Waals surface area (Å²) in [7, 11) is 1.86. The van der Waals surface area contributed by atoms with Crippen molar-refractivity contribution in [3.63, 3.8) is 0 Å². The van der Waals surface area contributed by atoms with E-state index >= 15 is 0 Å². The van der Waals surface area contributed by atoms with Gasteiger partial charge < -0.3 is 10.6 Å². The highest BCUT2D eigenvalue weighted by Gasteiger charge is 2.04. The second-order valence-electron chi connectivity index (χ2n) is 3.33. The molecule has 1 heterocycles. The van der Waals surface area contributed by atoms with Crippen molar-refractivity contribution in [1.29, 1.82) is 0 Å². The zero-order valence-corrected chi connectivity index (χ0v) is 10.5. The fraction of sp³-hybridized carbons (Fsp3) is 0.600. The molecule has 0 aliphatic rings. The lowest BCUT2D eigenvalue weighted by atomic mass is 10.2. The van der Waals surface area contributed by atoms with Gasteiger partial charge >= 0.3 is 0 Å². The van der Waals surface area contributed by atoms with Gasteiger partial charge in [-0.2, -0.15) is 0 Å². The highest BCUT2D eigenvalue weighted by Crippen LogP contribution is 2.17. The van der Waals surface area contributed by atoms with Gasteiger partial charge in [0.25, 0.3) is 0 Å². The normalized spacial score (nSPS) is 12.3. The quantitative estimate of drug-likeness (QED) is 0.596. The van der Waals surface area contributed by atoms with Crippen molar-refractivity contribution in [2.75, 3.05) is 23.9 Å². The van der Waals surface area contributed by atoms with E-state index in [1.54, 1.807) is 11.8 Å². The number of hydrogen-bond acceptors (Lipinski definition) is 5. The van der Waals surface area contributed by atoms with Crippen LogP contribution in [0.1, 0.15) is 20.3 Å². The molecular weight excluding hydrogens is 208 g/mol. The first-order chi connectivity index (χ1) is 7.19. The third kappa shape index (κ3) is 3.58. The van der Waals surface area contributed by atoms with Crippen molar-refractivity contribution in [3.8, 4) is 0 Å². The van der Waals surface area contributed by atoms with Gasteiger partial charge in [-0.05, 0) is 19.6 Å². The Labute approximate surface area is 95.3 Å². The summed E-state index contributed by atoms with van der Waals surface area (Å²) < 4.78 is 0. The van der Waals surface area contributed by atoms with Crippen LogP contribution in [-0.4, -0.2) is 29.3 Å². The van der Waals surface area contributed by atoms with Crippen LogP contribution in [-0.2, 0) is 0 Å². The number of thioether (sulfide) groups is 1. The molecule has 15 heavy (non-hydrogen) atoms. The van der Waals surface area contributed by atoms with Crippen LogP contribution in [0, 0.1) is 0 Å². The molecule has 0 amide bonds. The Balaban J connectivity index is 2.86. The average Bonchev–Trinajstić information content (AvgIpc) is 2.28. The van der Waals surface area contributed by atoms with E-state index < -0.39 is 0 Å². The van der Waals surface area contributed by atoms with Gasteiger partial charge in [0.2, 0.25) is 0 Å². The second-order valence-corrected chi connectivity index (χ2v) is 4.10. The number of hydrogen-bond donors (Lipinski definition) is 2. The van der Waals surface area contributed by atoms with Crippen molar-refractivity contribution in [3.05, 3.63) is 6.07 Å². The van der Waals surface area contributed by atoms with Crippen molar-refractivity contribution in [1.82, 2.24) is 9.97 Å². The van der Waals surface area contributed by atoms with E-state index in [-0.39, 0.29) is 0 Å². The van der Waals surface area contributed by atoms with Crippen LogP contribution >= 0.6 is 11.8 Å². The Kier molecular flexibility index (Phi) is 4.68. The maximum Gasteiger partial charge on any atom is 0.191 e. The molecule has 0 aromatic carbocycles. The molecule has 0 fully saturated rings. The summed E-state index contributed by atoms with van der Waals surface area (Å²) in [5, 5.41) is 7.15. The lowest BCUT2D eigenvalue weighted by molar-refractivity contribution is 0.754. The first-order valence-corrected chi connectivity index (χ1v) is 6.29. The predicted octanol–water partition coefficient (Wildman–Crippen LogP) is 2.45. The summed E-state index contributed by atoms with van der Waals surface area (Å²) in [6.07, 6.45) is 3.05. The first kappa shape index (κ1) is 12.1. The molecule has 0 saturated heterocycles. The van der Waals surface area contributed by atoms with Gasteiger partial charge in [0.15, 0.2) is 5.16 Å². The fourth-order valence-electron chi connectivity index (χ4n) is 1.07. The van der Waals surface area contributed by atoms with Crippen LogP contribution in [0.5, 0.6) is 0 Å². The van der Waals surface area contributed by atoms with Crippen LogP contribution in [0.25, 0.3) is 0 Å². The topological polar surface area (TPSA) is 49.8 Å². The Bertz CT molecular complexity index is 294. The number of rotatable bonds is 5. The predicted molar refractivity (Wildman–Crippen MR) is 66.7 cm³/mol. The largest absolute Gasteiger partial charge is 0.373 e. The third-order valence-corrected chi connectivity index (χ3v) is 2.70. The van der Waals surface area contributed by atoms with Gasteiger partial charge in [0.05, 0.1) is 0 Å². The van der Waals surface area contributed by atoms with Crippen LogP contribution in [0.15, 0.2) is 11.2 Å². The van der Waals surface area contributed by atoms with E-state index in [1.807, 2.05) is 19.4 Å². The van der Waals surface area contributed by atoms with Gasteiger partial charge in [0, 0.05) is 19.2 Å². The summed E-state index contributed by atoms with van der Waals surface area (Å²) in [4.78, 5) is 8.69. The van der Waals surface area contributed by atoms with E-state index in [9.17, 15) is 0 Å². The van der Waals surface area contributed by atoms with Crippen LogP contribution in [0.2, 0.25) is 0 Å². The van der Waals surface area contributed by atoms with E-state index in [0.717, 1.165) is 23.2 Å². The minimum Gasteiger partial charge on any atom is -0.373 e. The van der Waals surface area contributed by atoms with Crippen LogP contribution < -0.4 is 10.6 Å².